The third-order valence-corrected chi connectivity index (χ3v) is 6.12. The fourth-order valence-electron chi connectivity index (χ4n) is 2.94. The standard InChI is InChI=1S/C21H16N6O2S2/c1-2-9-26-20(29)16-8-10-30-19(16)25-21(26)31-13-17(28)24-18-14(11-22)12-23-27(18)15-6-4-3-5-7-15/h2-8,10,12H,1,9,13H2,(H,24,28). The van der Waals surface area contributed by atoms with Crippen LogP contribution in [0.25, 0.3) is 15.9 Å². The van der Waals surface area contributed by atoms with Crippen molar-refractivity contribution in [3.63, 3.8) is 0 Å². The van der Waals surface area contributed by atoms with E-state index in [9.17, 15) is 14.9 Å². The Balaban J connectivity index is 1.57. The van der Waals surface area contributed by atoms with Gasteiger partial charge in [-0.3, -0.25) is 14.2 Å². The van der Waals surface area contributed by atoms with Gasteiger partial charge in [0.25, 0.3) is 5.56 Å². The maximum atomic E-state index is 12.7. The molecule has 1 N–H and O–H groups in total. The van der Waals surface area contributed by atoms with Crippen molar-refractivity contribution in [3.05, 3.63) is 76.5 Å². The SMILES string of the molecule is C=CCn1c(SCC(=O)Nc2c(C#N)cnn2-c2ccccc2)nc2sccc2c1=O. The topological polar surface area (TPSA) is 106 Å². The zero-order chi connectivity index (χ0) is 21.8. The molecule has 0 saturated carbocycles. The van der Waals surface area contributed by atoms with E-state index < -0.39 is 0 Å². The summed E-state index contributed by atoms with van der Waals surface area (Å²) in [4.78, 5) is 30.6. The van der Waals surface area contributed by atoms with E-state index in [4.69, 9.17) is 0 Å². The van der Waals surface area contributed by atoms with Gasteiger partial charge in [-0.05, 0) is 23.6 Å². The molecule has 4 rings (SSSR count). The van der Waals surface area contributed by atoms with Crippen LogP contribution in [0.2, 0.25) is 0 Å². The molecule has 154 valence electrons. The van der Waals surface area contributed by atoms with Gasteiger partial charge in [0.05, 0.1) is 23.0 Å². The van der Waals surface area contributed by atoms with Gasteiger partial charge in [0.15, 0.2) is 11.0 Å². The smallest absolute Gasteiger partial charge is 0.263 e. The van der Waals surface area contributed by atoms with E-state index in [-0.39, 0.29) is 22.8 Å². The average Bonchev–Trinajstić information content (AvgIpc) is 3.42. The zero-order valence-electron chi connectivity index (χ0n) is 16.2. The zero-order valence-corrected chi connectivity index (χ0v) is 17.8. The molecule has 0 aliphatic rings. The molecule has 3 heterocycles. The molecule has 0 fully saturated rings. The van der Waals surface area contributed by atoms with E-state index in [2.05, 4.69) is 22.0 Å². The second-order valence-corrected chi connectivity index (χ2v) is 8.18. The third-order valence-electron chi connectivity index (χ3n) is 4.34. The summed E-state index contributed by atoms with van der Waals surface area (Å²) in [6.07, 6.45) is 3.02. The van der Waals surface area contributed by atoms with Gasteiger partial charge < -0.3 is 5.32 Å². The number of nitrogens with zero attached hydrogens (tertiary/aromatic N) is 5. The summed E-state index contributed by atoms with van der Waals surface area (Å²) in [7, 11) is 0. The predicted molar refractivity (Wildman–Crippen MR) is 122 cm³/mol. The quantitative estimate of drug-likeness (QED) is 0.264. The number of aromatic nitrogens is 4. The van der Waals surface area contributed by atoms with Crippen LogP contribution < -0.4 is 10.9 Å². The second-order valence-electron chi connectivity index (χ2n) is 6.34. The van der Waals surface area contributed by atoms with Crippen LogP contribution in [0.15, 0.2) is 70.6 Å². The van der Waals surface area contributed by atoms with Crippen molar-refractivity contribution in [2.24, 2.45) is 0 Å². The molecule has 10 heteroatoms. The Bertz CT molecular complexity index is 1360. The molecule has 0 radical (unpaired) electrons. The Kier molecular flexibility index (Phi) is 5.97. The first-order chi connectivity index (χ1) is 15.1. The monoisotopic (exact) mass is 448 g/mol. The van der Waals surface area contributed by atoms with Crippen LogP contribution in [-0.4, -0.2) is 31.0 Å². The number of nitriles is 1. The van der Waals surface area contributed by atoms with Crippen LogP contribution in [0.1, 0.15) is 5.56 Å². The maximum Gasteiger partial charge on any atom is 0.263 e. The van der Waals surface area contributed by atoms with E-state index in [1.54, 1.807) is 12.1 Å². The molecule has 0 spiro atoms. The normalized spacial score (nSPS) is 10.7. The largest absolute Gasteiger partial charge is 0.309 e. The lowest BCUT2D eigenvalue weighted by Gasteiger charge is -2.11. The first-order valence-electron chi connectivity index (χ1n) is 9.17. The van der Waals surface area contributed by atoms with Crippen molar-refractivity contribution in [3.8, 4) is 11.8 Å². The van der Waals surface area contributed by atoms with Gasteiger partial charge in [-0.15, -0.1) is 17.9 Å². The van der Waals surface area contributed by atoms with Crippen LogP contribution in [0, 0.1) is 11.3 Å². The number of thiophene rings is 1. The summed E-state index contributed by atoms with van der Waals surface area (Å²) in [5, 5.41) is 19.2. The van der Waals surface area contributed by atoms with Crippen LogP contribution >= 0.6 is 23.1 Å². The lowest BCUT2D eigenvalue weighted by Crippen LogP contribution is -2.23. The van der Waals surface area contributed by atoms with E-state index >= 15 is 0 Å². The van der Waals surface area contributed by atoms with Gasteiger partial charge in [0, 0.05) is 6.54 Å². The minimum absolute atomic E-state index is 0.00526. The van der Waals surface area contributed by atoms with E-state index in [0.717, 1.165) is 17.4 Å². The van der Waals surface area contributed by atoms with Crippen molar-refractivity contribution in [2.75, 3.05) is 11.1 Å². The first-order valence-corrected chi connectivity index (χ1v) is 11.0. The lowest BCUT2D eigenvalue weighted by molar-refractivity contribution is -0.113. The molecular weight excluding hydrogens is 432 g/mol. The summed E-state index contributed by atoms with van der Waals surface area (Å²) < 4.78 is 3.00. The van der Waals surface area contributed by atoms with Crippen molar-refractivity contribution in [1.29, 1.82) is 5.26 Å². The van der Waals surface area contributed by atoms with Gasteiger partial charge in [-0.2, -0.15) is 10.4 Å². The van der Waals surface area contributed by atoms with Crippen molar-refractivity contribution in [1.82, 2.24) is 19.3 Å². The lowest BCUT2D eigenvalue weighted by atomic mass is 10.3. The molecule has 3 aromatic heterocycles. The van der Waals surface area contributed by atoms with Gasteiger partial charge in [-0.1, -0.05) is 36.0 Å². The molecule has 8 nitrogen and oxygen atoms in total. The summed E-state index contributed by atoms with van der Waals surface area (Å²) in [6, 6.07) is 13.0. The number of para-hydroxylation sites is 1. The number of carbonyl (C=O) groups excluding carboxylic acids is 1. The highest BCUT2D eigenvalue weighted by molar-refractivity contribution is 7.99. The van der Waals surface area contributed by atoms with E-state index in [1.807, 2.05) is 41.8 Å². The number of hydrogen-bond acceptors (Lipinski definition) is 7. The highest BCUT2D eigenvalue weighted by atomic mass is 32.2. The van der Waals surface area contributed by atoms with Crippen LogP contribution in [0.5, 0.6) is 0 Å². The highest BCUT2D eigenvalue weighted by Crippen LogP contribution is 2.23. The number of fused-ring (bicyclic) bond motifs is 1. The van der Waals surface area contributed by atoms with Crippen LogP contribution in [0.3, 0.4) is 0 Å². The fraction of sp³-hybridized carbons (Fsp3) is 0.0952. The van der Waals surface area contributed by atoms with Crippen LogP contribution in [-0.2, 0) is 11.3 Å². The van der Waals surface area contributed by atoms with Gasteiger partial charge in [0.1, 0.15) is 16.5 Å². The summed E-state index contributed by atoms with van der Waals surface area (Å²) in [5.74, 6) is -0.0417. The summed E-state index contributed by atoms with van der Waals surface area (Å²) in [5.41, 5.74) is 0.809. The molecule has 1 aromatic carbocycles. The minimum Gasteiger partial charge on any atom is -0.309 e. The molecule has 0 aliphatic heterocycles. The third kappa shape index (κ3) is 4.14. The van der Waals surface area contributed by atoms with E-state index in [1.165, 1.54) is 26.8 Å². The molecule has 31 heavy (non-hydrogen) atoms. The average molecular weight is 449 g/mol. The van der Waals surface area contributed by atoms with Gasteiger partial charge >= 0.3 is 0 Å². The van der Waals surface area contributed by atoms with Gasteiger partial charge in [0.2, 0.25) is 5.91 Å². The number of rotatable bonds is 7. The van der Waals surface area contributed by atoms with Crippen molar-refractivity contribution < 1.29 is 4.79 Å². The molecule has 4 aromatic rings. The number of anilines is 1. The molecule has 0 bridgehead atoms. The maximum absolute atomic E-state index is 12.7. The Morgan fingerprint density at radius 2 is 2.13 bits per heavy atom. The van der Waals surface area contributed by atoms with Gasteiger partial charge in [-0.25, -0.2) is 9.67 Å². The minimum atomic E-state index is -0.343. The van der Waals surface area contributed by atoms with Crippen LogP contribution in [0.4, 0.5) is 5.82 Å². The Hall–Kier alpha value is -3.68. The number of thioether (sulfide) groups is 1. The molecule has 0 saturated heterocycles. The number of hydrogen-bond donors (Lipinski definition) is 1. The Morgan fingerprint density at radius 1 is 1.32 bits per heavy atom. The first kappa shape index (κ1) is 20.6. The Morgan fingerprint density at radius 3 is 2.87 bits per heavy atom. The number of nitrogens with one attached hydrogen (secondary N) is 1. The molecule has 0 atom stereocenters. The van der Waals surface area contributed by atoms with Crippen molar-refractivity contribution >= 4 is 45.0 Å². The van der Waals surface area contributed by atoms with Crippen molar-refractivity contribution in [2.45, 2.75) is 11.7 Å². The molecule has 0 unspecified atom stereocenters. The summed E-state index contributed by atoms with van der Waals surface area (Å²) >= 11 is 2.52. The molecular formula is C21H16N6O2S2. The number of benzene rings is 1. The number of amides is 1. The fourth-order valence-corrected chi connectivity index (χ4v) is 4.56. The number of carbonyl (C=O) groups is 1. The molecule has 0 aliphatic carbocycles. The van der Waals surface area contributed by atoms with E-state index in [0.29, 0.717) is 27.7 Å². The molecule has 1 amide bonds. The number of allylic oxidation sites excluding steroid dienone is 1. The second kappa shape index (κ2) is 8.99. The Labute approximate surface area is 185 Å². The highest BCUT2D eigenvalue weighted by Gasteiger charge is 2.17. The predicted octanol–water partition coefficient (Wildman–Crippen LogP) is 3.43. The summed E-state index contributed by atoms with van der Waals surface area (Å²) in [6.45, 7) is 3.99.